The minimum atomic E-state index is -0.934. The van der Waals surface area contributed by atoms with Gasteiger partial charge in [-0.15, -0.1) is 0 Å². The molecule has 0 amide bonds. The van der Waals surface area contributed by atoms with Crippen molar-refractivity contribution in [1.29, 1.82) is 0 Å². The third-order valence-corrected chi connectivity index (χ3v) is 0.663. The molecule has 5 nitrogen and oxygen atoms in total. The molecule has 0 atom stereocenters. The van der Waals surface area contributed by atoms with E-state index >= 15 is 0 Å². The molecule has 0 heterocycles. The van der Waals surface area contributed by atoms with Gasteiger partial charge in [0.1, 0.15) is 0 Å². The molecule has 10 heavy (non-hydrogen) atoms. The number of ether oxygens (including phenoxy) is 1. The van der Waals surface area contributed by atoms with Crippen molar-refractivity contribution in [2.45, 2.75) is 13.8 Å². The second-order valence-corrected chi connectivity index (χ2v) is 2.15. The van der Waals surface area contributed by atoms with Crippen molar-refractivity contribution in [2.75, 3.05) is 6.61 Å². The summed E-state index contributed by atoms with van der Waals surface area (Å²) in [4.78, 5) is 14.1. The van der Waals surface area contributed by atoms with Crippen LogP contribution in [0.25, 0.3) is 0 Å². The van der Waals surface area contributed by atoms with Gasteiger partial charge in [-0.3, -0.25) is 5.21 Å². The fourth-order valence-corrected chi connectivity index (χ4v) is 0.301. The Bertz CT molecular complexity index is 104. The van der Waals surface area contributed by atoms with Gasteiger partial charge in [0.25, 0.3) is 0 Å². The SMILES string of the molecule is CC(C)COC(=O)ONO. The minimum Gasteiger partial charge on any atom is -0.433 e. The van der Waals surface area contributed by atoms with Gasteiger partial charge >= 0.3 is 6.16 Å². The Labute approximate surface area is 58.8 Å². The van der Waals surface area contributed by atoms with E-state index in [4.69, 9.17) is 5.21 Å². The van der Waals surface area contributed by atoms with Gasteiger partial charge in [-0.25, -0.2) is 4.79 Å². The second kappa shape index (κ2) is 5.01. The first-order valence-electron chi connectivity index (χ1n) is 2.89. The van der Waals surface area contributed by atoms with Crippen LogP contribution in [-0.2, 0) is 9.57 Å². The molecule has 2 N–H and O–H groups in total. The predicted octanol–water partition coefficient (Wildman–Crippen LogP) is 0.689. The minimum absolute atomic E-state index is 0.256. The standard InChI is InChI=1S/C5H11NO4/c1-4(2)3-9-5(7)10-6-8/h4,6,8H,3H2,1-2H3. The normalized spacial score (nSPS) is 9.60. The van der Waals surface area contributed by atoms with Crippen LogP contribution in [0.3, 0.4) is 0 Å². The number of nitrogens with one attached hydrogen (secondary N) is 1. The Morgan fingerprint density at radius 2 is 2.30 bits per heavy atom. The van der Waals surface area contributed by atoms with Gasteiger partial charge < -0.3 is 9.57 Å². The Hall–Kier alpha value is -0.810. The van der Waals surface area contributed by atoms with Gasteiger partial charge in [0.15, 0.2) is 0 Å². The van der Waals surface area contributed by atoms with E-state index in [9.17, 15) is 4.79 Å². The number of rotatable bonds is 3. The summed E-state index contributed by atoms with van der Waals surface area (Å²) < 4.78 is 4.46. The molecular formula is C5H11NO4. The summed E-state index contributed by atoms with van der Waals surface area (Å²) in [6, 6.07) is 0. The van der Waals surface area contributed by atoms with Crippen LogP contribution in [-0.4, -0.2) is 18.0 Å². The van der Waals surface area contributed by atoms with Crippen LogP contribution in [0.2, 0.25) is 0 Å². The van der Waals surface area contributed by atoms with Gasteiger partial charge in [-0.05, 0) is 11.6 Å². The summed E-state index contributed by atoms with van der Waals surface area (Å²) in [5.41, 5.74) is 1.22. The lowest BCUT2D eigenvalue weighted by Crippen LogP contribution is -2.18. The highest BCUT2D eigenvalue weighted by Gasteiger charge is 2.03. The zero-order valence-corrected chi connectivity index (χ0v) is 5.96. The van der Waals surface area contributed by atoms with E-state index in [0.29, 0.717) is 0 Å². The topological polar surface area (TPSA) is 67.8 Å². The van der Waals surface area contributed by atoms with Gasteiger partial charge in [0.2, 0.25) is 0 Å². The van der Waals surface area contributed by atoms with Crippen molar-refractivity contribution in [3.8, 4) is 0 Å². The molecule has 0 aliphatic heterocycles. The van der Waals surface area contributed by atoms with Crippen molar-refractivity contribution in [2.24, 2.45) is 5.92 Å². The third-order valence-electron chi connectivity index (χ3n) is 0.663. The lowest BCUT2D eigenvalue weighted by Gasteiger charge is -2.04. The van der Waals surface area contributed by atoms with Crippen molar-refractivity contribution in [3.63, 3.8) is 0 Å². The molecule has 0 bridgehead atoms. The zero-order valence-electron chi connectivity index (χ0n) is 5.96. The maximum atomic E-state index is 10.3. The van der Waals surface area contributed by atoms with Crippen LogP contribution in [0.15, 0.2) is 0 Å². The second-order valence-electron chi connectivity index (χ2n) is 2.15. The molecule has 60 valence electrons. The fourth-order valence-electron chi connectivity index (χ4n) is 0.301. The van der Waals surface area contributed by atoms with E-state index in [0.717, 1.165) is 0 Å². The molecule has 0 fully saturated rings. The van der Waals surface area contributed by atoms with Crippen LogP contribution in [0.4, 0.5) is 4.79 Å². The Balaban J connectivity index is 3.22. The Kier molecular flexibility index (Phi) is 4.61. The molecule has 0 rings (SSSR count). The molecule has 0 aliphatic rings. The summed E-state index contributed by atoms with van der Waals surface area (Å²) in [6.07, 6.45) is -0.934. The molecule has 0 aromatic carbocycles. The first kappa shape index (κ1) is 9.19. The van der Waals surface area contributed by atoms with Gasteiger partial charge in [-0.1, -0.05) is 13.8 Å². The van der Waals surface area contributed by atoms with E-state index < -0.39 is 6.16 Å². The number of carbonyl (C=O) groups excluding carboxylic acids is 1. The van der Waals surface area contributed by atoms with Crippen LogP contribution >= 0.6 is 0 Å². The summed E-state index contributed by atoms with van der Waals surface area (Å²) in [7, 11) is 0. The summed E-state index contributed by atoms with van der Waals surface area (Å²) in [5, 5.41) is 7.83. The first-order chi connectivity index (χ1) is 4.66. The van der Waals surface area contributed by atoms with Crippen molar-refractivity contribution >= 4 is 6.16 Å². The molecule has 0 aromatic rings. The molecule has 0 aromatic heterocycles. The van der Waals surface area contributed by atoms with Gasteiger partial charge in [0, 0.05) is 0 Å². The summed E-state index contributed by atoms with van der Waals surface area (Å²) >= 11 is 0. The van der Waals surface area contributed by atoms with E-state index in [-0.39, 0.29) is 12.5 Å². The highest BCUT2D eigenvalue weighted by Crippen LogP contribution is 1.93. The van der Waals surface area contributed by atoms with Gasteiger partial charge in [-0.2, -0.15) is 0 Å². The summed E-state index contributed by atoms with van der Waals surface area (Å²) in [6.45, 7) is 4.06. The zero-order chi connectivity index (χ0) is 7.98. The monoisotopic (exact) mass is 149 g/mol. The lowest BCUT2D eigenvalue weighted by molar-refractivity contribution is -0.105. The molecule has 0 spiro atoms. The number of hydrogen-bond acceptors (Lipinski definition) is 5. The Morgan fingerprint density at radius 3 is 2.70 bits per heavy atom. The van der Waals surface area contributed by atoms with E-state index in [2.05, 4.69) is 9.57 Å². The molecule has 0 saturated carbocycles. The van der Waals surface area contributed by atoms with Crippen LogP contribution in [0.5, 0.6) is 0 Å². The van der Waals surface area contributed by atoms with E-state index in [1.807, 2.05) is 13.8 Å². The predicted molar refractivity (Wildman–Crippen MR) is 32.2 cm³/mol. The van der Waals surface area contributed by atoms with E-state index in [1.165, 1.54) is 5.64 Å². The van der Waals surface area contributed by atoms with Crippen molar-refractivity contribution in [1.82, 2.24) is 5.64 Å². The van der Waals surface area contributed by atoms with Gasteiger partial charge in [0.05, 0.1) is 6.61 Å². The quantitative estimate of drug-likeness (QED) is 0.456. The average molecular weight is 149 g/mol. The van der Waals surface area contributed by atoms with Crippen LogP contribution in [0, 0.1) is 5.92 Å². The van der Waals surface area contributed by atoms with Crippen LogP contribution < -0.4 is 5.64 Å². The lowest BCUT2D eigenvalue weighted by atomic mass is 10.2. The third kappa shape index (κ3) is 5.33. The van der Waals surface area contributed by atoms with E-state index in [1.54, 1.807) is 0 Å². The Morgan fingerprint density at radius 1 is 1.70 bits per heavy atom. The maximum absolute atomic E-state index is 10.3. The molecular weight excluding hydrogens is 138 g/mol. The molecule has 0 saturated heterocycles. The summed E-state index contributed by atoms with van der Waals surface area (Å²) in [5.74, 6) is 0.256. The first-order valence-corrected chi connectivity index (χ1v) is 2.89. The highest BCUT2D eigenvalue weighted by atomic mass is 16.9. The molecule has 5 heteroatoms. The average Bonchev–Trinajstić information content (AvgIpc) is 1.85. The molecule has 0 aliphatic carbocycles. The van der Waals surface area contributed by atoms with Crippen molar-refractivity contribution < 1.29 is 19.6 Å². The number of carbonyl (C=O) groups is 1. The fraction of sp³-hybridized carbons (Fsp3) is 0.800. The highest BCUT2D eigenvalue weighted by molar-refractivity contribution is 5.59. The maximum Gasteiger partial charge on any atom is 0.529 e. The smallest absolute Gasteiger partial charge is 0.433 e. The van der Waals surface area contributed by atoms with Crippen molar-refractivity contribution in [3.05, 3.63) is 0 Å². The molecule has 0 unspecified atom stereocenters. The van der Waals surface area contributed by atoms with Crippen LogP contribution in [0.1, 0.15) is 13.8 Å². The largest absolute Gasteiger partial charge is 0.529 e. The molecule has 0 radical (unpaired) electrons. The number of hydrogen-bond donors (Lipinski definition) is 2.